The molecular formula is C29H33F6N4P. The quantitative estimate of drug-likeness (QED) is 0.173. The van der Waals surface area contributed by atoms with Crippen LogP contribution in [0.15, 0.2) is 97.2 Å². The second-order valence-corrected chi connectivity index (χ2v) is 11.7. The van der Waals surface area contributed by atoms with Crippen molar-refractivity contribution >= 4 is 31.0 Å². The number of hydrogen-bond donors (Lipinski definition) is 0. The summed E-state index contributed by atoms with van der Waals surface area (Å²) in [5.41, 5.74) is 5.24. The van der Waals surface area contributed by atoms with E-state index in [1.807, 2.05) is 0 Å². The van der Waals surface area contributed by atoms with Gasteiger partial charge in [-0.25, -0.2) is 4.58 Å². The summed E-state index contributed by atoms with van der Waals surface area (Å²) in [5, 5.41) is 0. The summed E-state index contributed by atoms with van der Waals surface area (Å²) < 4.78 is 61.7. The van der Waals surface area contributed by atoms with Gasteiger partial charge in [0.2, 0.25) is 0 Å². The van der Waals surface area contributed by atoms with Crippen LogP contribution in [0.25, 0.3) is 5.57 Å². The number of allylic oxidation sites excluding steroid dienone is 1. The summed E-state index contributed by atoms with van der Waals surface area (Å²) in [4.78, 5) is 7.45. The molecule has 2 aliphatic rings. The van der Waals surface area contributed by atoms with E-state index in [1.165, 1.54) is 22.5 Å². The Morgan fingerprint density at radius 2 is 0.975 bits per heavy atom. The summed E-state index contributed by atoms with van der Waals surface area (Å²) in [5.74, 6) is 0. The fraction of sp³-hybridized carbons (Fsp3) is 0.276. The molecule has 0 saturated carbocycles. The van der Waals surface area contributed by atoms with Crippen molar-refractivity contribution in [2.75, 3.05) is 62.2 Å². The van der Waals surface area contributed by atoms with E-state index in [4.69, 9.17) is 0 Å². The van der Waals surface area contributed by atoms with Crippen LogP contribution in [-0.4, -0.2) is 68.0 Å². The number of rotatable bonds is 5. The predicted octanol–water partition coefficient (Wildman–Crippen LogP) is 7.84. The molecule has 0 aromatic heterocycles. The van der Waals surface area contributed by atoms with Crippen LogP contribution in [0.3, 0.4) is 0 Å². The monoisotopic (exact) mass is 582 g/mol. The van der Waals surface area contributed by atoms with Crippen molar-refractivity contribution in [2.45, 2.75) is 0 Å². The normalized spacial score (nSPS) is 18.3. The number of piperazine rings is 2. The molecular weight excluding hydrogens is 549 g/mol. The molecule has 216 valence electrons. The van der Waals surface area contributed by atoms with Gasteiger partial charge in [0.15, 0.2) is 19.3 Å². The Balaban J connectivity index is 0.000000470. The molecule has 5 rings (SSSR count). The molecule has 0 spiro atoms. The molecule has 3 aromatic rings. The molecule has 2 aliphatic heterocycles. The van der Waals surface area contributed by atoms with Crippen molar-refractivity contribution in [1.29, 1.82) is 0 Å². The predicted molar refractivity (Wildman–Crippen MR) is 153 cm³/mol. The molecule has 0 N–H and O–H groups in total. The molecule has 11 heteroatoms. The number of benzene rings is 3. The van der Waals surface area contributed by atoms with E-state index >= 15 is 0 Å². The van der Waals surface area contributed by atoms with E-state index in [9.17, 15) is 25.2 Å². The Hall–Kier alpha value is -3.52. The number of anilines is 2. The van der Waals surface area contributed by atoms with Gasteiger partial charge in [0, 0.05) is 43.8 Å². The van der Waals surface area contributed by atoms with E-state index in [-0.39, 0.29) is 0 Å². The second-order valence-electron chi connectivity index (χ2n) is 9.76. The van der Waals surface area contributed by atoms with E-state index < -0.39 is 7.81 Å². The summed E-state index contributed by atoms with van der Waals surface area (Å²) in [6.07, 6.45) is 4.75. The minimum absolute atomic E-state index is 1.04. The van der Waals surface area contributed by atoms with Gasteiger partial charge in [0.1, 0.15) is 0 Å². The average Bonchev–Trinajstić information content (AvgIpc) is 2.93. The first kappa shape index (κ1) is 29.5. The second kappa shape index (κ2) is 11.5. The Morgan fingerprint density at radius 3 is 1.43 bits per heavy atom. The van der Waals surface area contributed by atoms with Crippen LogP contribution in [0.1, 0.15) is 5.56 Å². The third-order valence-electron chi connectivity index (χ3n) is 6.62. The van der Waals surface area contributed by atoms with E-state index in [0.717, 1.165) is 52.4 Å². The Morgan fingerprint density at radius 1 is 0.575 bits per heavy atom. The van der Waals surface area contributed by atoms with Gasteiger partial charge >= 0.3 is 33.0 Å². The van der Waals surface area contributed by atoms with Crippen molar-refractivity contribution < 1.29 is 29.8 Å². The van der Waals surface area contributed by atoms with Gasteiger partial charge in [-0.1, -0.05) is 66.7 Å². The Kier molecular flexibility index (Phi) is 8.49. The third kappa shape index (κ3) is 10.6. The zero-order chi connectivity index (χ0) is 28.7. The van der Waals surface area contributed by atoms with Gasteiger partial charge in [0.25, 0.3) is 0 Å². The van der Waals surface area contributed by atoms with E-state index in [0.29, 0.717) is 0 Å². The van der Waals surface area contributed by atoms with Crippen molar-refractivity contribution in [3.63, 3.8) is 0 Å². The van der Waals surface area contributed by atoms with Gasteiger partial charge in [-0.2, -0.15) is 0 Å². The van der Waals surface area contributed by atoms with Gasteiger partial charge < -0.3 is 14.7 Å². The first-order valence-electron chi connectivity index (χ1n) is 13.1. The molecule has 0 bridgehead atoms. The van der Waals surface area contributed by atoms with Crippen molar-refractivity contribution in [1.82, 2.24) is 4.90 Å². The molecule has 0 unspecified atom stereocenters. The third-order valence-corrected chi connectivity index (χ3v) is 6.62. The first-order chi connectivity index (χ1) is 18.8. The van der Waals surface area contributed by atoms with Gasteiger partial charge in [0.05, 0.1) is 18.7 Å². The molecule has 2 heterocycles. The number of para-hydroxylation sites is 2. The number of hydrogen-bond acceptors (Lipinski definition) is 3. The van der Waals surface area contributed by atoms with Crippen LogP contribution in [0.5, 0.6) is 0 Å². The standard InChI is InChI=1S/C29H33N4.F6P/c1-4-10-26(11-5-1)27(24-30-16-20-32(21-17-30)28-12-6-2-7-13-28)25-31-18-22-33(23-19-31)29-14-8-3-9-15-29;1-7(2,3,4,5)6/h1-15,24-25H,16-23H2;/q+1;-1. The van der Waals surface area contributed by atoms with Gasteiger partial charge in [-0.15, -0.1) is 0 Å². The first-order valence-corrected chi connectivity index (χ1v) is 15.1. The van der Waals surface area contributed by atoms with Crippen LogP contribution in [0.4, 0.5) is 36.6 Å². The Labute approximate surface area is 230 Å². The van der Waals surface area contributed by atoms with Crippen LogP contribution in [0, 0.1) is 0 Å². The zero-order valence-electron chi connectivity index (χ0n) is 22.0. The topological polar surface area (TPSA) is 12.7 Å². The molecule has 2 fully saturated rings. The van der Waals surface area contributed by atoms with Crippen LogP contribution >= 0.6 is 7.81 Å². The summed E-state index contributed by atoms with van der Waals surface area (Å²) >= 11 is 0. The number of halogens is 6. The van der Waals surface area contributed by atoms with Crippen molar-refractivity contribution in [3.8, 4) is 0 Å². The van der Waals surface area contributed by atoms with Crippen molar-refractivity contribution in [3.05, 3.63) is 103 Å². The van der Waals surface area contributed by atoms with Crippen LogP contribution in [0.2, 0.25) is 0 Å². The summed E-state index contributed by atoms with van der Waals surface area (Å²) in [6, 6.07) is 32.3. The molecule has 0 amide bonds. The molecule has 3 aromatic carbocycles. The minimum atomic E-state index is -10.7. The van der Waals surface area contributed by atoms with Gasteiger partial charge in [-0.05, 0) is 29.8 Å². The molecule has 0 aliphatic carbocycles. The average molecular weight is 583 g/mol. The van der Waals surface area contributed by atoms with Gasteiger partial charge in [-0.3, -0.25) is 0 Å². The fourth-order valence-electron chi connectivity index (χ4n) is 4.70. The van der Waals surface area contributed by atoms with Crippen LogP contribution < -0.4 is 9.80 Å². The summed E-state index contributed by atoms with van der Waals surface area (Å²) in [7, 11) is -10.7. The number of nitrogens with zero attached hydrogens (tertiary/aromatic N) is 4. The van der Waals surface area contributed by atoms with E-state index in [2.05, 4.69) is 123 Å². The molecule has 2 saturated heterocycles. The summed E-state index contributed by atoms with van der Waals surface area (Å²) in [6.45, 7) is 8.39. The SMILES string of the molecule is C(/C(=C/N1CCN(c2ccccc2)CC1)c1ccccc1)=[N+]1CCN(c2ccccc2)CC1.F[P-](F)(F)(F)(F)F. The molecule has 0 radical (unpaired) electrons. The van der Waals surface area contributed by atoms with E-state index in [1.54, 1.807) is 0 Å². The maximum absolute atomic E-state index is 10.7. The Bertz CT molecular complexity index is 1270. The van der Waals surface area contributed by atoms with Crippen molar-refractivity contribution in [2.24, 2.45) is 0 Å². The van der Waals surface area contributed by atoms with Crippen LogP contribution in [-0.2, 0) is 0 Å². The maximum atomic E-state index is 9.87. The zero-order valence-corrected chi connectivity index (χ0v) is 22.9. The molecule has 4 nitrogen and oxygen atoms in total. The molecule has 0 atom stereocenters. The fourth-order valence-corrected chi connectivity index (χ4v) is 4.70. The molecule has 40 heavy (non-hydrogen) atoms.